The van der Waals surface area contributed by atoms with Crippen molar-refractivity contribution in [3.8, 4) is 0 Å². The molecule has 1 aliphatic rings. The summed E-state index contributed by atoms with van der Waals surface area (Å²) in [6.07, 6.45) is 2.31. The number of hydrogen-bond donors (Lipinski definition) is 1. The maximum Gasteiger partial charge on any atom is 0.242 e. The lowest BCUT2D eigenvalue weighted by Crippen LogP contribution is -2.36. The van der Waals surface area contributed by atoms with Gasteiger partial charge < -0.3 is 0 Å². The monoisotopic (exact) mass is 388 g/mol. The number of likely N-dealkylation sites (tertiary alicyclic amines) is 1. The van der Waals surface area contributed by atoms with Crippen molar-refractivity contribution in [1.82, 2.24) is 18.4 Å². The standard InChI is InChI=1S/C18H20N4O2S2/c23-26(24,17-10-6-9-15-18(17)21-25-20-15)19-13-16(22-11-4-5-12-22)14-7-2-1-3-8-14/h1-3,6-10,16,19H,4-5,11-13H2. The number of fused-ring (bicyclic) bond motifs is 1. The molecule has 1 aromatic heterocycles. The summed E-state index contributed by atoms with van der Waals surface area (Å²) >= 11 is 1.02. The molecule has 6 nitrogen and oxygen atoms in total. The number of nitrogens with one attached hydrogen (secondary N) is 1. The highest BCUT2D eigenvalue weighted by atomic mass is 32.2. The highest BCUT2D eigenvalue weighted by Gasteiger charge is 2.26. The third-order valence-corrected chi connectivity index (χ3v) is 6.77. The van der Waals surface area contributed by atoms with Gasteiger partial charge in [-0.2, -0.15) is 8.75 Å². The molecule has 0 amide bonds. The van der Waals surface area contributed by atoms with Crippen molar-refractivity contribution in [3.63, 3.8) is 0 Å². The van der Waals surface area contributed by atoms with Gasteiger partial charge >= 0.3 is 0 Å². The van der Waals surface area contributed by atoms with Crippen LogP contribution in [0.3, 0.4) is 0 Å². The van der Waals surface area contributed by atoms with Crippen LogP contribution in [0.1, 0.15) is 24.4 Å². The van der Waals surface area contributed by atoms with Crippen LogP contribution < -0.4 is 4.72 Å². The summed E-state index contributed by atoms with van der Waals surface area (Å²) in [7, 11) is -3.66. The normalized spacial score (nSPS) is 16.9. The Morgan fingerprint density at radius 2 is 1.81 bits per heavy atom. The Labute approximate surface area is 157 Å². The minimum absolute atomic E-state index is 0.0289. The molecule has 0 aliphatic carbocycles. The molecule has 26 heavy (non-hydrogen) atoms. The molecule has 1 unspecified atom stereocenters. The Morgan fingerprint density at radius 3 is 2.58 bits per heavy atom. The zero-order chi connectivity index (χ0) is 18.0. The molecule has 1 saturated heterocycles. The number of aromatic nitrogens is 2. The Kier molecular flexibility index (Phi) is 4.99. The smallest absolute Gasteiger partial charge is 0.242 e. The molecule has 1 N–H and O–H groups in total. The zero-order valence-electron chi connectivity index (χ0n) is 14.2. The Hall–Kier alpha value is -1.87. The maximum absolute atomic E-state index is 12.9. The van der Waals surface area contributed by atoms with Crippen molar-refractivity contribution in [2.75, 3.05) is 19.6 Å². The number of sulfonamides is 1. The van der Waals surface area contributed by atoms with Crippen LogP contribution in [0.15, 0.2) is 53.4 Å². The fourth-order valence-electron chi connectivity index (χ4n) is 3.45. The van der Waals surface area contributed by atoms with Crippen LogP contribution in [0.2, 0.25) is 0 Å². The minimum atomic E-state index is -3.66. The molecule has 2 heterocycles. The van der Waals surface area contributed by atoms with Gasteiger partial charge in [-0.1, -0.05) is 36.4 Å². The first-order valence-electron chi connectivity index (χ1n) is 8.65. The Bertz CT molecular complexity index is 983. The van der Waals surface area contributed by atoms with Crippen molar-refractivity contribution >= 4 is 32.8 Å². The molecule has 0 spiro atoms. The summed E-state index contributed by atoms with van der Waals surface area (Å²) in [5, 5.41) is 0. The zero-order valence-corrected chi connectivity index (χ0v) is 15.8. The first-order chi connectivity index (χ1) is 12.6. The van der Waals surface area contributed by atoms with E-state index in [0.717, 1.165) is 43.2 Å². The van der Waals surface area contributed by atoms with Crippen LogP contribution >= 0.6 is 11.7 Å². The van der Waals surface area contributed by atoms with Crippen LogP contribution in [0.4, 0.5) is 0 Å². The molecular weight excluding hydrogens is 368 g/mol. The number of rotatable bonds is 6. The van der Waals surface area contributed by atoms with Gasteiger partial charge in [0, 0.05) is 12.6 Å². The average Bonchev–Trinajstić information content (AvgIpc) is 3.34. The van der Waals surface area contributed by atoms with Crippen molar-refractivity contribution in [3.05, 3.63) is 54.1 Å². The second-order valence-electron chi connectivity index (χ2n) is 6.41. The van der Waals surface area contributed by atoms with Gasteiger partial charge in [-0.25, -0.2) is 13.1 Å². The molecule has 2 aromatic carbocycles. The van der Waals surface area contributed by atoms with Crippen molar-refractivity contribution in [2.24, 2.45) is 0 Å². The van der Waals surface area contributed by atoms with Gasteiger partial charge in [0.1, 0.15) is 15.9 Å². The Morgan fingerprint density at radius 1 is 1.04 bits per heavy atom. The van der Waals surface area contributed by atoms with Crippen LogP contribution in [-0.2, 0) is 10.0 Å². The summed E-state index contributed by atoms with van der Waals surface area (Å²) in [4.78, 5) is 2.54. The van der Waals surface area contributed by atoms with Crippen molar-refractivity contribution in [2.45, 2.75) is 23.8 Å². The van der Waals surface area contributed by atoms with Gasteiger partial charge in [-0.15, -0.1) is 0 Å². The summed E-state index contributed by atoms with van der Waals surface area (Å²) in [6.45, 7) is 2.32. The van der Waals surface area contributed by atoms with E-state index in [4.69, 9.17) is 0 Å². The largest absolute Gasteiger partial charge is 0.295 e. The molecule has 136 valence electrons. The van der Waals surface area contributed by atoms with E-state index in [1.54, 1.807) is 18.2 Å². The van der Waals surface area contributed by atoms with Gasteiger partial charge in [0.25, 0.3) is 0 Å². The van der Waals surface area contributed by atoms with Crippen LogP contribution in [0, 0.1) is 0 Å². The second-order valence-corrected chi connectivity index (χ2v) is 8.67. The molecule has 1 atom stereocenters. The number of benzene rings is 2. The third-order valence-electron chi connectivity index (χ3n) is 4.77. The molecule has 3 aromatic rings. The van der Waals surface area contributed by atoms with Gasteiger partial charge in [0.2, 0.25) is 10.0 Å². The molecule has 8 heteroatoms. The average molecular weight is 389 g/mol. The van der Waals surface area contributed by atoms with E-state index in [-0.39, 0.29) is 10.9 Å². The van der Waals surface area contributed by atoms with Gasteiger partial charge in [0.05, 0.1) is 11.7 Å². The van der Waals surface area contributed by atoms with E-state index in [9.17, 15) is 8.42 Å². The van der Waals surface area contributed by atoms with E-state index in [1.165, 1.54) is 0 Å². The van der Waals surface area contributed by atoms with E-state index < -0.39 is 10.0 Å². The van der Waals surface area contributed by atoms with Gasteiger partial charge in [-0.3, -0.25) is 4.90 Å². The quantitative estimate of drug-likeness (QED) is 0.703. The summed E-state index contributed by atoms with van der Waals surface area (Å²) < 4.78 is 36.9. The highest BCUT2D eigenvalue weighted by Crippen LogP contribution is 2.26. The fraction of sp³-hybridized carbons (Fsp3) is 0.333. The lowest BCUT2D eigenvalue weighted by Gasteiger charge is -2.28. The van der Waals surface area contributed by atoms with E-state index >= 15 is 0 Å². The number of nitrogens with zero attached hydrogens (tertiary/aromatic N) is 3. The second kappa shape index (κ2) is 7.40. The topological polar surface area (TPSA) is 75.2 Å². The van der Waals surface area contributed by atoms with Crippen molar-refractivity contribution < 1.29 is 8.42 Å². The van der Waals surface area contributed by atoms with E-state index in [1.807, 2.05) is 18.2 Å². The van der Waals surface area contributed by atoms with Crippen LogP contribution in [0.5, 0.6) is 0 Å². The van der Waals surface area contributed by atoms with E-state index in [2.05, 4.69) is 30.5 Å². The van der Waals surface area contributed by atoms with Gasteiger partial charge in [-0.05, 0) is 43.6 Å². The van der Waals surface area contributed by atoms with Gasteiger partial charge in [0.15, 0.2) is 0 Å². The predicted octanol–water partition coefficient (Wildman–Crippen LogP) is 2.81. The first kappa shape index (κ1) is 17.5. The molecule has 4 rings (SSSR count). The molecule has 0 bridgehead atoms. The molecule has 1 aliphatic heterocycles. The lowest BCUT2D eigenvalue weighted by atomic mass is 10.1. The summed E-state index contributed by atoms with van der Waals surface area (Å²) in [5.74, 6) is 0. The SMILES string of the molecule is O=S(=O)(NCC(c1ccccc1)N1CCCC1)c1cccc2nsnc12. The fourth-order valence-corrected chi connectivity index (χ4v) is 5.25. The van der Waals surface area contributed by atoms with Crippen LogP contribution in [0.25, 0.3) is 11.0 Å². The third kappa shape index (κ3) is 3.50. The first-order valence-corrected chi connectivity index (χ1v) is 10.9. The summed E-state index contributed by atoms with van der Waals surface area (Å²) in [6, 6.07) is 15.2. The molecule has 1 fully saturated rings. The van der Waals surface area contributed by atoms with Crippen LogP contribution in [-0.4, -0.2) is 41.7 Å². The minimum Gasteiger partial charge on any atom is -0.295 e. The maximum atomic E-state index is 12.9. The lowest BCUT2D eigenvalue weighted by molar-refractivity contribution is 0.246. The number of hydrogen-bond acceptors (Lipinski definition) is 6. The van der Waals surface area contributed by atoms with E-state index in [0.29, 0.717) is 17.6 Å². The highest BCUT2D eigenvalue weighted by molar-refractivity contribution is 7.89. The van der Waals surface area contributed by atoms with Crippen molar-refractivity contribution in [1.29, 1.82) is 0 Å². The molecule has 0 saturated carbocycles. The molecule has 0 radical (unpaired) electrons. The predicted molar refractivity (Wildman–Crippen MR) is 103 cm³/mol. The molecular formula is C18H20N4O2S2. The Balaban J connectivity index is 1.59. The summed E-state index contributed by atoms with van der Waals surface area (Å²) in [5.41, 5.74) is 2.17.